The number of pyridine rings is 1. The van der Waals surface area contributed by atoms with Gasteiger partial charge in [0.25, 0.3) is 0 Å². The lowest BCUT2D eigenvalue weighted by Gasteiger charge is -2.34. The van der Waals surface area contributed by atoms with Gasteiger partial charge in [0.2, 0.25) is 0 Å². The SMILES string of the molecule is CC(c1ccc(N2CCCC(NCC3CC3)C2)nn1)n1cnc(-c2cncc(C3CC3)c2)c1. The summed E-state index contributed by atoms with van der Waals surface area (Å²) in [6.45, 7) is 5.40. The topological polar surface area (TPSA) is 71.8 Å². The highest BCUT2D eigenvalue weighted by atomic mass is 15.3. The van der Waals surface area contributed by atoms with Gasteiger partial charge in [-0.2, -0.15) is 5.10 Å². The van der Waals surface area contributed by atoms with Crippen molar-refractivity contribution in [3.05, 3.63) is 54.4 Å². The molecule has 0 radical (unpaired) electrons. The molecule has 3 aromatic rings. The van der Waals surface area contributed by atoms with Crippen LogP contribution < -0.4 is 10.2 Å². The van der Waals surface area contributed by atoms with Gasteiger partial charge in [-0.25, -0.2) is 4.98 Å². The fourth-order valence-corrected chi connectivity index (χ4v) is 4.82. The Kier molecular flexibility index (Phi) is 5.58. The van der Waals surface area contributed by atoms with Crippen molar-refractivity contribution in [3.8, 4) is 11.3 Å². The summed E-state index contributed by atoms with van der Waals surface area (Å²) in [5.41, 5.74) is 4.33. The summed E-state index contributed by atoms with van der Waals surface area (Å²) in [7, 11) is 0. The Labute approximate surface area is 195 Å². The minimum absolute atomic E-state index is 0.0710. The molecule has 2 atom stereocenters. The quantitative estimate of drug-likeness (QED) is 0.563. The lowest BCUT2D eigenvalue weighted by Crippen LogP contribution is -2.46. The van der Waals surface area contributed by atoms with Crippen molar-refractivity contribution in [1.82, 2.24) is 30.0 Å². The molecule has 7 nitrogen and oxygen atoms in total. The molecule has 0 amide bonds. The summed E-state index contributed by atoms with van der Waals surface area (Å²) in [5, 5.41) is 13.0. The monoisotopic (exact) mass is 443 g/mol. The second-order valence-corrected chi connectivity index (χ2v) is 10.1. The largest absolute Gasteiger partial charge is 0.354 e. The van der Waals surface area contributed by atoms with Crippen molar-refractivity contribution in [1.29, 1.82) is 0 Å². The van der Waals surface area contributed by atoms with Crippen LogP contribution in [0, 0.1) is 5.92 Å². The molecule has 1 aliphatic heterocycles. The molecule has 7 heteroatoms. The fourth-order valence-electron chi connectivity index (χ4n) is 4.82. The molecule has 0 bridgehead atoms. The first kappa shape index (κ1) is 20.8. The molecular weight excluding hydrogens is 410 g/mol. The van der Waals surface area contributed by atoms with Gasteiger partial charge in [-0.1, -0.05) is 0 Å². The Morgan fingerprint density at radius 2 is 2.00 bits per heavy atom. The van der Waals surface area contributed by atoms with Crippen LogP contribution in [0.25, 0.3) is 11.3 Å². The van der Waals surface area contributed by atoms with Crippen molar-refractivity contribution < 1.29 is 0 Å². The maximum atomic E-state index is 4.65. The maximum absolute atomic E-state index is 4.65. The van der Waals surface area contributed by atoms with Crippen LogP contribution in [0.3, 0.4) is 0 Å². The molecular formula is C26H33N7. The van der Waals surface area contributed by atoms with Crippen molar-refractivity contribution in [2.24, 2.45) is 5.92 Å². The number of rotatable bonds is 8. The number of hydrogen-bond acceptors (Lipinski definition) is 6. The lowest BCUT2D eigenvalue weighted by atomic mass is 10.1. The predicted molar refractivity (Wildman–Crippen MR) is 129 cm³/mol. The first-order valence-electron chi connectivity index (χ1n) is 12.5. The molecule has 0 spiro atoms. The Hall–Kier alpha value is -2.80. The minimum Gasteiger partial charge on any atom is -0.354 e. The van der Waals surface area contributed by atoms with Crippen LogP contribution in [0.5, 0.6) is 0 Å². The molecule has 1 N–H and O–H groups in total. The average molecular weight is 444 g/mol. The molecule has 172 valence electrons. The van der Waals surface area contributed by atoms with E-state index in [-0.39, 0.29) is 6.04 Å². The molecule has 3 fully saturated rings. The molecule has 1 saturated heterocycles. The third-order valence-electron chi connectivity index (χ3n) is 7.39. The Balaban J connectivity index is 1.11. The molecule has 6 rings (SSSR count). The Morgan fingerprint density at radius 3 is 2.79 bits per heavy atom. The van der Waals surface area contributed by atoms with Crippen LogP contribution in [-0.4, -0.2) is 50.4 Å². The van der Waals surface area contributed by atoms with Crippen molar-refractivity contribution in [2.45, 2.75) is 63.5 Å². The summed E-state index contributed by atoms with van der Waals surface area (Å²) < 4.78 is 2.11. The first-order valence-corrected chi connectivity index (χ1v) is 12.5. The van der Waals surface area contributed by atoms with Gasteiger partial charge >= 0.3 is 0 Å². The van der Waals surface area contributed by atoms with Gasteiger partial charge in [0.05, 0.1) is 23.8 Å². The summed E-state index contributed by atoms with van der Waals surface area (Å²) >= 11 is 0. The van der Waals surface area contributed by atoms with E-state index in [1.165, 1.54) is 50.6 Å². The van der Waals surface area contributed by atoms with E-state index in [1.807, 2.05) is 18.7 Å². The fraction of sp³-hybridized carbons (Fsp3) is 0.538. The van der Waals surface area contributed by atoms with Gasteiger partial charge in [0.1, 0.15) is 0 Å². The van der Waals surface area contributed by atoms with Gasteiger partial charge in [-0.05, 0) is 87.6 Å². The van der Waals surface area contributed by atoms with E-state index in [2.05, 4.69) is 66.3 Å². The third-order valence-corrected chi connectivity index (χ3v) is 7.39. The Morgan fingerprint density at radius 1 is 1.09 bits per heavy atom. The van der Waals surface area contributed by atoms with Crippen molar-refractivity contribution in [3.63, 3.8) is 0 Å². The predicted octanol–water partition coefficient (Wildman–Crippen LogP) is 4.19. The van der Waals surface area contributed by atoms with Crippen molar-refractivity contribution in [2.75, 3.05) is 24.5 Å². The van der Waals surface area contributed by atoms with E-state index in [0.717, 1.165) is 41.8 Å². The standard InChI is InChI=1S/C26H33N7/c1-18(33-16-25(29-17-33)22-11-21(13-27-14-22)20-6-7-20)24-8-9-26(31-30-24)32-10-2-3-23(15-32)28-12-19-4-5-19/h8-9,11,13-14,16-20,23,28H,2-7,10,12,15H2,1H3. The zero-order valence-electron chi connectivity index (χ0n) is 19.4. The molecule has 33 heavy (non-hydrogen) atoms. The van der Waals surface area contributed by atoms with E-state index < -0.39 is 0 Å². The third kappa shape index (κ3) is 4.78. The second kappa shape index (κ2) is 8.86. The van der Waals surface area contributed by atoms with Crippen LogP contribution in [-0.2, 0) is 0 Å². The van der Waals surface area contributed by atoms with E-state index in [0.29, 0.717) is 12.0 Å². The zero-order valence-corrected chi connectivity index (χ0v) is 19.4. The molecule has 0 aromatic carbocycles. The average Bonchev–Trinajstić information content (AvgIpc) is 3.81. The summed E-state index contributed by atoms with van der Waals surface area (Å²) in [5.74, 6) is 2.60. The molecule has 4 heterocycles. The first-order chi connectivity index (χ1) is 16.2. The molecule has 3 aromatic heterocycles. The van der Waals surface area contributed by atoms with Crippen LogP contribution >= 0.6 is 0 Å². The zero-order chi connectivity index (χ0) is 22.2. The van der Waals surface area contributed by atoms with E-state index in [4.69, 9.17) is 0 Å². The van der Waals surface area contributed by atoms with Gasteiger partial charge < -0.3 is 14.8 Å². The number of imidazole rings is 1. The number of hydrogen-bond donors (Lipinski definition) is 1. The van der Waals surface area contributed by atoms with Gasteiger partial charge in [-0.3, -0.25) is 4.98 Å². The molecule has 3 aliphatic rings. The highest BCUT2D eigenvalue weighted by Gasteiger charge is 2.26. The van der Waals surface area contributed by atoms with Crippen LogP contribution in [0.15, 0.2) is 43.1 Å². The van der Waals surface area contributed by atoms with Gasteiger partial charge in [-0.15, -0.1) is 5.10 Å². The normalized spacial score (nSPS) is 21.8. The number of nitrogens with one attached hydrogen (secondary N) is 1. The second-order valence-electron chi connectivity index (χ2n) is 10.1. The van der Waals surface area contributed by atoms with Crippen LogP contribution in [0.2, 0.25) is 0 Å². The molecule has 2 aliphatic carbocycles. The molecule has 2 unspecified atom stereocenters. The van der Waals surface area contributed by atoms with Crippen molar-refractivity contribution >= 4 is 5.82 Å². The maximum Gasteiger partial charge on any atom is 0.151 e. The van der Waals surface area contributed by atoms with E-state index in [1.54, 1.807) is 0 Å². The van der Waals surface area contributed by atoms with E-state index >= 15 is 0 Å². The van der Waals surface area contributed by atoms with Gasteiger partial charge in [0.15, 0.2) is 5.82 Å². The number of aromatic nitrogens is 5. The number of anilines is 1. The summed E-state index contributed by atoms with van der Waals surface area (Å²) in [4.78, 5) is 11.5. The Bertz CT molecular complexity index is 1080. The number of nitrogens with zero attached hydrogens (tertiary/aromatic N) is 6. The highest BCUT2D eigenvalue weighted by molar-refractivity contribution is 5.58. The lowest BCUT2D eigenvalue weighted by molar-refractivity contribution is 0.414. The molecule has 2 saturated carbocycles. The number of piperidine rings is 1. The minimum atomic E-state index is 0.0710. The van der Waals surface area contributed by atoms with Gasteiger partial charge in [0, 0.05) is 43.3 Å². The van der Waals surface area contributed by atoms with E-state index in [9.17, 15) is 0 Å². The highest BCUT2D eigenvalue weighted by Crippen LogP contribution is 2.40. The summed E-state index contributed by atoms with van der Waals surface area (Å²) in [6, 6.07) is 7.12. The van der Waals surface area contributed by atoms with Crippen LogP contribution in [0.4, 0.5) is 5.82 Å². The van der Waals surface area contributed by atoms with Crippen LogP contribution in [0.1, 0.15) is 68.7 Å². The summed E-state index contributed by atoms with van der Waals surface area (Å²) in [6.07, 6.45) is 15.7. The smallest absolute Gasteiger partial charge is 0.151 e.